The summed E-state index contributed by atoms with van der Waals surface area (Å²) in [6, 6.07) is 0.244. The van der Waals surface area contributed by atoms with E-state index in [1.807, 2.05) is 0 Å². The molecule has 0 spiro atoms. The van der Waals surface area contributed by atoms with Crippen LogP contribution in [0.15, 0.2) is 0 Å². The summed E-state index contributed by atoms with van der Waals surface area (Å²) in [7, 11) is 3.59. The Morgan fingerprint density at radius 1 is 1.59 bits per heavy atom. The van der Waals surface area contributed by atoms with Gasteiger partial charge in [-0.05, 0) is 32.4 Å². The SMILES string of the molecule is CCC(C)C(NC1CCCN(C)C1)C(=O)OC. The van der Waals surface area contributed by atoms with E-state index in [2.05, 4.69) is 31.1 Å². The summed E-state index contributed by atoms with van der Waals surface area (Å²) >= 11 is 0. The van der Waals surface area contributed by atoms with Gasteiger partial charge in [0.2, 0.25) is 0 Å². The number of nitrogens with one attached hydrogen (secondary N) is 1. The summed E-state index contributed by atoms with van der Waals surface area (Å²) < 4.78 is 4.89. The number of nitrogens with zero attached hydrogens (tertiary/aromatic N) is 1. The van der Waals surface area contributed by atoms with Gasteiger partial charge in [-0.1, -0.05) is 20.3 Å². The summed E-state index contributed by atoms with van der Waals surface area (Å²) in [4.78, 5) is 14.1. The number of likely N-dealkylation sites (tertiary alicyclic amines) is 1. The minimum absolute atomic E-state index is 0.132. The van der Waals surface area contributed by atoms with Gasteiger partial charge in [-0.25, -0.2) is 0 Å². The number of hydrogen-bond acceptors (Lipinski definition) is 4. The number of methoxy groups -OCH3 is 1. The van der Waals surface area contributed by atoms with E-state index in [9.17, 15) is 4.79 Å². The van der Waals surface area contributed by atoms with Crippen molar-refractivity contribution in [2.75, 3.05) is 27.2 Å². The highest BCUT2D eigenvalue weighted by Gasteiger charge is 2.28. The van der Waals surface area contributed by atoms with Gasteiger partial charge >= 0.3 is 5.97 Å². The number of hydrogen-bond donors (Lipinski definition) is 1. The number of likely N-dealkylation sites (N-methyl/N-ethyl adjacent to an activating group) is 1. The molecule has 4 nitrogen and oxygen atoms in total. The van der Waals surface area contributed by atoms with E-state index in [4.69, 9.17) is 4.74 Å². The summed E-state index contributed by atoms with van der Waals surface area (Å²) in [5, 5.41) is 3.47. The molecule has 3 unspecified atom stereocenters. The first kappa shape index (κ1) is 14.5. The maximum Gasteiger partial charge on any atom is 0.323 e. The lowest BCUT2D eigenvalue weighted by atomic mass is 9.96. The van der Waals surface area contributed by atoms with Crippen LogP contribution in [0, 0.1) is 5.92 Å². The zero-order valence-electron chi connectivity index (χ0n) is 11.5. The number of esters is 1. The van der Waals surface area contributed by atoms with Crippen molar-refractivity contribution in [1.82, 2.24) is 10.2 Å². The molecule has 1 saturated heterocycles. The fourth-order valence-electron chi connectivity index (χ4n) is 2.38. The van der Waals surface area contributed by atoms with Crippen LogP contribution >= 0.6 is 0 Å². The summed E-state index contributed by atoms with van der Waals surface area (Å²) in [5.74, 6) is 0.183. The third-order valence-corrected chi connectivity index (χ3v) is 3.71. The van der Waals surface area contributed by atoms with Gasteiger partial charge in [-0.3, -0.25) is 4.79 Å². The van der Waals surface area contributed by atoms with Gasteiger partial charge in [0.1, 0.15) is 6.04 Å². The van der Waals surface area contributed by atoms with E-state index in [0.717, 1.165) is 25.9 Å². The van der Waals surface area contributed by atoms with E-state index in [1.54, 1.807) is 0 Å². The molecule has 1 rings (SSSR count). The maximum atomic E-state index is 11.8. The predicted molar refractivity (Wildman–Crippen MR) is 68.9 cm³/mol. The zero-order valence-corrected chi connectivity index (χ0v) is 11.5. The van der Waals surface area contributed by atoms with E-state index < -0.39 is 0 Å². The molecule has 0 aliphatic carbocycles. The van der Waals surface area contributed by atoms with Crippen LogP contribution in [0.1, 0.15) is 33.1 Å². The lowest BCUT2D eigenvalue weighted by Crippen LogP contribution is -2.52. The molecule has 0 aromatic rings. The Hall–Kier alpha value is -0.610. The smallest absolute Gasteiger partial charge is 0.323 e. The molecular weight excluding hydrogens is 216 g/mol. The van der Waals surface area contributed by atoms with Crippen LogP contribution in [-0.4, -0.2) is 50.2 Å². The number of carbonyl (C=O) groups excluding carboxylic acids is 1. The van der Waals surface area contributed by atoms with Crippen LogP contribution in [0.5, 0.6) is 0 Å². The standard InChI is InChI=1S/C13H26N2O2/c1-5-10(2)12(13(16)17-4)14-11-7-6-8-15(3)9-11/h10-12,14H,5-9H2,1-4H3. The van der Waals surface area contributed by atoms with Gasteiger partial charge < -0.3 is 15.0 Å². The Morgan fingerprint density at radius 2 is 2.29 bits per heavy atom. The average Bonchev–Trinajstić information content (AvgIpc) is 2.34. The molecule has 4 heteroatoms. The second kappa shape index (κ2) is 6.97. The fourth-order valence-corrected chi connectivity index (χ4v) is 2.38. The van der Waals surface area contributed by atoms with E-state index in [1.165, 1.54) is 13.5 Å². The molecule has 3 atom stereocenters. The molecule has 100 valence electrons. The van der Waals surface area contributed by atoms with Crippen molar-refractivity contribution < 1.29 is 9.53 Å². The Bertz CT molecular complexity index is 246. The lowest BCUT2D eigenvalue weighted by molar-refractivity contribution is -0.145. The predicted octanol–water partition coefficient (Wildman–Crippen LogP) is 1.26. The first-order chi connectivity index (χ1) is 8.08. The second-order valence-corrected chi connectivity index (χ2v) is 5.15. The minimum atomic E-state index is -0.165. The first-order valence-electron chi connectivity index (χ1n) is 6.60. The Labute approximate surface area is 105 Å². The molecule has 1 N–H and O–H groups in total. The molecule has 1 aliphatic rings. The van der Waals surface area contributed by atoms with Crippen LogP contribution in [-0.2, 0) is 9.53 Å². The van der Waals surface area contributed by atoms with Crippen molar-refractivity contribution in [2.45, 2.75) is 45.2 Å². The van der Waals surface area contributed by atoms with Gasteiger partial charge in [0.15, 0.2) is 0 Å². The molecule has 0 radical (unpaired) electrons. The highest BCUT2D eigenvalue weighted by molar-refractivity contribution is 5.76. The lowest BCUT2D eigenvalue weighted by Gasteiger charge is -2.34. The quantitative estimate of drug-likeness (QED) is 0.737. The van der Waals surface area contributed by atoms with Crippen LogP contribution in [0.4, 0.5) is 0 Å². The fraction of sp³-hybridized carbons (Fsp3) is 0.923. The molecular formula is C13H26N2O2. The highest BCUT2D eigenvalue weighted by atomic mass is 16.5. The summed E-state index contributed by atoms with van der Waals surface area (Å²) in [5.41, 5.74) is 0. The molecule has 0 aromatic heterocycles. The van der Waals surface area contributed by atoms with Gasteiger partial charge in [-0.2, -0.15) is 0 Å². The number of rotatable bonds is 5. The average molecular weight is 242 g/mol. The third kappa shape index (κ3) is 4.28. The molecule has 0 aromatic carbocycles. The van der Waals surface area contributed by atoms with Gasteiger partial charge in [0.05, 0.1) is 7.11 Å². The molecule has 0 amide bonds. The number of ether oxygens (including phenoxy) is 1. The molecule has 0 bridgehead atoms. The summed E-state index contributed by atoms with van der Waals surface area (Å²) in [6.07, 6.45) is 3.33. The maximum absolute atomic E-state index is 11.8. The Morgan fingerprint density at radius 3 is 2.82 bits per heavy atom. The Kier molecular flexibility index (Phi) is 5.92. The number of piperidine rings is 1. The van der Waals surface area contributed by atoms with E-state index >= 15 is 0 Å². The molecule has 1 aliphatic heterocycles. The zero-order chi connectivity index (χ0) is 12.8. The first-order valence-corrected chi connectivity index (χ1v) is 6.60. The van der Waals surface area contributed by atoms with Crippen LogP contribution in [0.3, 0.4) is 0 Å². The number of carbonyl (C=O) groups is 1. The van der Waals surface area contributed by atoms with Crippen LogP contribution in [0.25, 0.3) is 0 Å². The van der Waals surface area contributed by atoms with E-state index in [0.29, 0.717) is 12.0 Å². The second-order valence-electron chi connectivity index (χ2n) is 5.15. The van der Waals surface area contributed by atoms with Gasteiger partial charge in [0.25, 0.3) is 0 Å². The van der Waals surface area contributed by atoms with Gasteiger partial charge in [0, 0.05) is 12.6 Å². The van der Waals surface area contributed by atoms with Crippen molar-refractivity contribution in [3.05, 3.63) is 0 Å². The van der Waals surface area contributed by atoms with Crippen LogP contribution < -0.4 is 5.32 Å². The minimum Gasteiger partial charge on any atom is -0.468 e. The van der Waals surface area contributed by atoms with Crippen molar-refractivity contribution in [2.24, 2.45) is 5.92 Å². The van der Waals surface area contributed by atoms with Crippen LogP contribution in [0.2, 0.25) is 0 Å². The van der Waals surface area contributed by atoms with Crippen molar-refractivity contribution >= 4 is 5.97 Å². The molecule has 1 fully saturated rings. The molecule has 1 heterocycles. The normalized spacial score (nSPS) is 25.3. The third-order valence-electron chi connectivity index (χ3n) is 3.71. The van der Waals surface area contributed by atoms with E-state index in [-0.39, 0.29) is 12.0 Å². The molecule has 17 heavy (non-hydrogen) atoms. The topological polar surface area (TPSA) is 41.6 Å². The van der Waals surface area contributed by atoms with Crippen molar-refractivity contribution in [3.8, 4) is 0 Å². The monoisotopic (exact) mass is 242 g/mol. The largest absolute Gasteiger partial charge is 0.468 e. The molecule has 0 saturated carbocycles. The van der Waals surface area contributed by atoms with Crippen molar-refractivity contribution in [3.63, 3.8) is 0 Å². The highest BCUT2D eigenvalue weighted by Crippen LogP contribution is 2.14. The Balaban J connectivity index is 2.55. The van der Waals surface area contributed by atoms with Crippen molar-refractivity contribution in [1.29, 1.82) is 0 Å². The van der Waals surface area contributed by atoms with Gasteiger partial charge in [-0.15, -0.1) is 0 Å². The summed E-state index contributed by atoms with van der Waals surface area (Å²) in [6.45, 7) is 6.38.